The molecular formula is C15H20N2O5. The van der Waals surface area contributed by atoms with Crippen LogP contribution in [0.4, 0.5) is 0 Å². The zero-order valence-electron chi connectivity index (χ0n) is 13.3. The van der Waals surface area contributed by atoms with Gasteiger partial charge in [0.05, 0.1) is 19.9 Å². The first kappa shape index (κ1) is 17.6. The molecule has 0 bridgehead atoms. The number of esters is 1. The molecule has 0 heterocycles. The quantitative estimate of drug-likeness (QED) is 0.343. The van der Waals surface area contributed by atoms with Crippen LogP contribution in [0, 0.1) is 0 Å². The van der Waals surface area contributed by atoms with Crippen molar-refractivity contribution >= 4 is 17.6 Å². The highest BCUT2D eigenvalue weighted by atomic mass is 16.7. The predicted molar refractivity (Wildman–Crippen MR) is 80.2 cm³/mol. The van der Waals surface area contributed by atoms with E-state index in [1.165, 1.54) is 28.4 Å². The Balaban J connectivity index is 3.41. The molecule has 0 radical (unpaired) electrons. The largest absolute Gasteiger partial charge is 0.468 e. The molecule has 0 N–H and O–H groups in total. The minimum absolute atomic E-state index is 0.474. The van der Waals surface area contributed by atoms with Crippen LogP contribution in [0.2, 0.25) is 0 Å². The van der Waals surface area contributed by atoms with E-state index in [0.29, 0.717) is 16.8 Å². The number of oxime groups is 1. The van der Waals surface area contributed by atoms with Crippen molar-refractivity contribution in [2.24, 2.45) is 5.16 Å². The smallest absolute Gasteiger partial charge is 0.322 e. The number of methoxy groups -OCH3 is 1. The van der Waals surface area contributed by atoms with Gasteiger partial charge in [0.1, 0.15) is 7.11 Å². The first-order valence-corrected chi connectivity index (χ1v) is 6.54. The van der Waals surface area contributed by atoms with E-state index in [0.717, 1.165) is 5.06 Å². The summed E-state index contributed by atoms with van der Waals surface area (Å²) in [6.07, 6.45) is 0. The van der Waals surface area contributed by atoms with Gasteiger partial charge in [-0.1, -0.05) is 29.4 Å². The van der Waals surface area contributed by atoms with Crippen LogP contribution in [0.1, 0.15) is 24.0 Å². The summed E-state index contributed by atoms with van der Waals surface area (Å²) < 4.78 is 4.76. The lowest BCUT2D eigenvalue weighted by Crippen LogP contribution is -2.36. The van der Waals surface area contributed by atoms with Crippen LogP contribution >= 0.6 is 0 Å². The number of rotatable bonds is 6. The van der Waals surface area contributed by atoms with E-state index in [4.69, 9.17) is 14.4 Å². The first-order chi connectivity index (χ1) is 10.5. The number of hydrogen-bond donors (Lipinski definition) is 0. The Bertz CT molecular complexity index is 571. The van der Waals surface area contributed by atoms with Crippen LogP contribution in [0.25, 0.3) is 0 Å². The molecule has 7 nitrogen and oxygen atoms in total. The molecule has 22 heavy (non-hydrogen) atoms. The highest BCUT2D eigenvalue weighted by Crippen LogP contribution is 2.24. The Morgan fingerprint density at radius 3 is 2.36 bits per heavy atom. The molecule has 0 saturated carbocycles. The van der Waals surface area contributed by atoms with Crippen molar-refractivity contribution in [3.63, 3.8) is 0 Å². The van der Waals surface area contributed by atoms with Crippen LogP contribution in [-0.4, -0.2) is 51.0 Å². The number of likely N-dealkylation sites (N-methyl/N-ethyl adjacent to an activating group) is 1. The predicted octanol–water partition coefficient (Wildman–Crippen LogP) is 1.33. The summed E-state index contributed by atoms with van der Waals surface area (Å²) in [5.74, 6) is -2.35. The van der Waals surface area contributed by atoms with Crippen LogP contribution in [0.5, 0.6) is 0 Å². The minimum Gasteiger partial charge on any atom is -0.468 e. The van der Waals surface area contributed by atoms with E-state index in [9.17, 15) is 9.59 Å². The molecular weight excluding hydrogens is 288 g/mol. The van der Waals surface area contributed by atoms with Crippen molar-refractivity contribution in [3.8, 4) is 0 Å². The third-order valence-electron chi connectivity index (χ3n) is 3.16. The Morgan fingerprint density at radius 1 is 1.18 bits per heavy atom. The van der Waals surface area contributed by atoms with Gasteiger partial charge in [-0.25, -0.2) is 5.06 Å². The van der Waals surface area contributed by atoms with E-state index in [-0.39, 0.29) is 0 Å². The maximum atomic E-state index is 12.4. The van der Waals surface area contributed by atoms with Crippen molar-refractivity contribution < 1.29 is 24.0 Å². The SMILES string of the molecule is CO/N=C(\C)c1ccccc1C(C(=O)OC)C(=O)N(C)OC. The Labute approximate surface area is 129 Å². The average molecular weight is 308 g/mol. The van der Waals surface area contributed by atoms with Crippen molar-refractivity contribution in [1.82, 2.24) is 5.06 Å². The van der Waals surface area contributed by atoms with Gasteiger partial charge in [0.2, 0.25) is 0 Å². The molecule has 1 unspecified atom stereocenters. The molecule has 1 aromatic rings. The molecule has 0 saturated heterocycles. The number of carbonyl (C=O) groups is 2. The summed E-state index contributed by atoms with van der Waals surface area (Å²) in [6.45, 7) is 1.72. The molecule has 1 aromatic carbocycles. The van der Waals surface area contributed by atoms with Crippen molar-refractivity contribution in [2.75, 3.05) is 28.4 Å². The Hall–Kier alpha value is -2.41. The van der Waals surface area contributed by atoms with Gasteiger partial charge in [-0.05, 0) is 12.5 Å². The summed E-state index contributed by atoms with van der Waals surface area (Å²) in [6, 6.07) is 6.94. The number of amides is 1. The summed E-state index contributed by atoms with van der Waals surface area (Å²) in [5.41, 5.74) is 1.64. The molecule has 0 aromatic heterocycles. The van der Waals surface area contributed by atoms with E-state index in [2.05, 4.69) is 5.16 Å². The molecule has 7 heteroatoms. The lowest BCUT2D eigenvalue weighted by molar-refractivity contribution is -0.174. The standard InChI is InChI=1S/C15H20N2O5/c1-10(16-21-4)11-8-6-7-9-12(11)13(15(19)20-3)14(18)17(2)22-5/h6-9,13H,1-5H3/b16-10+. The molecule has 1 atom stereocenters. The minimum atomic E-state index is -1.15. The highest BCUT2D eigenvalue weighted by molar-refractivity contribution is 6.07. The molecule has 1 rings (SSSR count). The fourth-order valence-corrected chi connectivity index (χ4v) is 2.01. The van der Waals surface area contributed by atoms with Crippen LogP contribution < -0.4 is 0 Å². The monoisotopic (exact) mass is 308 g/mol. The topological polar surface area (TPSA) is 77.4 Å². The molecule has 0 fully saturated rings. The number of nitrogens with zero attached hydrogens (tertiary/aromatic N) is 2. The normalized spacial score (nSPS) is 12.5. The van der Waals surface area contributed by atoms with Gasteiger partial charge in [-0.15, -0.1) is 0 Å². The second kappa shape index (κ2) is 8.14. The van der Waals surface area contributed by atoms with E-state index < -0.39 is 17.8 Å². The number of benzene rings is 1. The third-order valence-corrected chi connectivity index (χ3v) is 3.16. The summed E-state index contributed by atoms with van der Waals surface area (Å²) in [7, 11) is 5.43. The van der Waals surface area contributed by atoms with Gasteiger partial charge in [-0.3, -0.25) is 14.4 Å². The number of ether oxygens (including phenoxy) is 1. The fourth-order valence-electron chi connectivity index (χ4n) is 2.01. The molecule has 0 spiro atoms. The number of hydroxylamine groups is 2. The van der Waals surface area contributed by atoms with Gasteiger partial charge in [0.25, 0.3) is 5.91 Å². The van der Waals surface area contributed by atoms with E-state index in [1.807, 2.05) is 0 Å². The summed E-state index contributed by atoms with van der Waals surface area (Å²) in [5, 5.41) is 4.84. The van der Waals surface area contributed by atoms with Gasteiger partial charge >= 0.3 is 5.97 Å². The zero-order chi connectivity index (χ0) is 16.7. The molecule has 120 valence electrons. The molecule has 0 aliphatic carbocycles. The second-order valence-corrected chi connectivity index (χ2v) is 4.42. The Kier molecular flexibility index (Phi) is 6.52. The van der Waals surface area contributed by atoms with Gasteiger partial charge in [0.15, 0.2) is 5.92 Å². The second-order valence-electron chi connectivity index (χ2n) is 4.42. The van der Waals surface area contributed by atoms with Crippen LogP contribution in [-0.2, 0) is 24.0 Å². The van der Waals surface area contributed by atoms with E-state index >= 15 is 0 Å². The van der Waals surface area contributed by atoms with Gasteiger partial charge in [0, 0.05) is 12.6 Å². The molecule has 0 aliphatic heterocycles. The van der Waals surface area contributed by atoms with Crippen molar-refractivity contribution in [3.05, 3.63) is 35.4 Å². The van der Waals surface area contributed by atoms with Crippen LogP contribution in [0.15, 0.2) is 29.4 Å². The summed E-state index contributed by atoms with van der Waals surface area (Å²) in [4.78, 5) is 34.2. The maximum Gasteiger partial charge on any atom is 0.322 e. The number of carbonyl (C=O) groups excluding carboxylic acids is 2. The van der Waals surface area contributed by atoms with Crippen molar-refractivity contribution in [2.45, 2.75) is 12.8 Å². The fraction of sp³-hybridized carbons (Fsp3) is 0.400. The maximum absolute atomic E-state index is 12.4. The number of hydrogen-bond acceptors (Lipinski definition) is 6. The van der Waals surface area contributed by atoms with Gasteiger partial charge < -0.3 is 9.57 Å². The zero-order valence-corrected chi connectivity index (χ0v) is 13.3. The lowest BCUT2D eigenvalue weighted by atomic mass is 9.91. The van der Waals surface area contributed by atoms with Crippen molar-refractivity contribution in [1.29, 1.82) is 0 Å². The first-order valence-electron chi connectivity index (χ1n) is 6.54. The van der Waals surface area contributed by atoms with E-state index in [1.54, 1.807) is 31.2 Å². The molecule has 1 amide bonds. The lowest BCUT2D eigenvalue weighted by Gasteiger charge is -2.22. The molecule has 0 aliphatic rings. The van der Waals surface area contributed by atoms with Crippen LogP contribution in [0.3, 0.4) is 0 Å². The Morgan fingerprint density at radius 2 is 1.82 bits per heavy atom. The average Bonchev–Trinajstić information content (AvgIpc) is 2.54. The van der Waals surface area contributed by atoms with Gasteiger partial charge in [-0.2, -0.15) is 0 Å². The summed E-state index contributed by atoms with van der Waals surface area (Å²) >= 11 is 0. The highest BCUT2D eigenvalue weighted by Gasteiger charge is 2.34. The third kappa shape index (κ3) is 3.82.